The first-order valence-electron chi connectivity index (χ1n) is 10.3. The number of carbonyl (C=O) groups excluding carboxylic acids is 3. The van der Waals surface area contributed by atoms with Crippen molar-refractivity contribution < 1.29 is 28.6 Å². The second kappa shape index (κ2) is 8.07. The quantitative estimate of drug-likeness (QED) is 0.451. The lowest BCUT2D eigenvalue weighted by Crippen LogP contribution is -2.32. The van der Waals surface area contributed by atoms with Gasteiger partial charge in [-0.3, -0.25) is 0 Å². The van der Waals surface area contributed by atoms with Crippen molar-refractivity contribution >= 4 is 23.6 Å². The summed E-state index contributed by atoms with van der Waals surface area (Å²) in [5.41, 5.74) is 10.3. The molecule has 7 heteroatoms. The summed E-state index contributed by atoms with van der Waals surface area (Å²) in [6, 6.07) is 7.35. The molecule has 0 fully saturated rings. The molecule has 1 atom stereocenters. The van der Waals surface area contributed by atoms with Gasteiger partial charge in [0.25, 0.3) is 5.79 Å². The summed E-state index contributed by atoms with van der Waals surface area (Å²) in [6.45, 7) is 0. The lowest BCUT2D eigenvalue weighted by molar-refractivity contribution is -0.198. The van der Waals surface area contributed by atoms with Crippen LogP contribution in [0.4, 0.5) is 5.69 Å². The summed E-state index contributed by atoms with van der Waals surface area (Å²) in [7, 11) is 1.57. The van der Waals surface area contributed by atoms with E-state index in [1.54, 1.807) is 19.2 Å². The van der Waals surface area contributed by atoms with Gasteiger partial charge in [-0.25, -0.2) is 14.4 Å². The summed E-state index contributed by atoms with van der Waals surface area (Å²) in [5.74, 6) is -2.14. The van der Waals surface area contributed by atoms with Crippen molar-refractivity contribution in [2.45, 2.75) is 57.2 Å². The Labute approximate surface area is 174 Å². The van der Waals surface area contributed by atoms with E-state index in [2.05, 4.69) is 4.74 Å². The molecule has 2 aliphatic heterocycles. The summed E-state index contributed by atoms with van der Waals surface area (Å²) in [5, 5.41) is 0. The largest absolute Gasteiger partial charge is 0.421 e. The highest BCUT2D eigenvalue weighted by Crippen LogP contribution is 2.47. The van der Waals surface area contributed by atoms with Gasteiger partial charge in [0.2, 0.25) is 0 Å². The van der Waals surface area contributed by atoms with Crippen molar-refractivity contribution in [3.05, 3.63) is 52.1 Å². The Morgan fingerprint density at radius 1 is 0.867 bits per heavy atom. The molecule has 1 unspecified atom stereocenters. The third-order valence-corrected chi connectivity index (χ3v) is 6.05. The Balaban J connectivity index is 0.000000168. The Hall–Kier alpha value is -2.93. The molecule has 0 bridgehead atoms. The Kier molecular flexibility index (Phi) is 5.47. The van der Waals surface area contributed by atoms with Crippen LogP contribution < -0.4 is 5.73 Å². The van der Waals surface area contributed by atoms with Crippen LogP contribution in [-0.2, 0) is 34.4 Å². The van der Waals surface area contributed by atoms with Gasteiger partial charge in [0.15, 0.2) is 0 Å². The number of hydrogen-bond acceptors (Lipinski definition) is 7. The van der Waals surface area contributed by atoms with Crippen LogP contribution in [0.2, 0.25) is 0 Å². The topological polar surface area (TPSA) is 105 Å². The van der Waals surface area contributed by atoms with Crippen LogP contribution in [-0.4, -0.2) is 25.0 Å². The van der Waals surface area contributed by atoms with Crippen LogP contribution >= 0.6 is 0 Å². The van der Waals surface area contributed by atoms with Crippen molar-refractivity contribution in [1.82, 2.24) is 0 Å². The van der Waals surface area contributed by atoms with Crippen LogP contribution in [0.25, 0.3) is 0 Å². The molecule has 1 aromatic carbocycles. The van der Waals surface area contributed by atoms with Gasteiger partial charge >= 0.3 is 17.9 Å². The first-order valence-corrected chi connectivity index (χ1v) is 10.3. The minimum atomic E-state index is -1.07. The molecule has 1 aromatic rings. The number of esters is 3. The molecule has 0 aromatic heterocycles. The minimum Gasteiger partial charge on any atom is -0.421 e. The third-order valence-electron chi connectivity index (χ3n) is 6.05. The van der Waals surface area contributed by atoms with Crippen molar-refractivity contribution in [1.29, 1.82) is 0 Å². The number of rotatable bonds is 2. The SMILES string of the molecule is COC1(c2cccc(N)c2)OC(=O)C2=C1CCCC2.O=C1OC(=O)C2=C1CCCC2. The molecule has 4 aliphatic rings. The average Bonchev–Trinajstić information content (AvgIpc) is 3.23. The molecule has 30 heavy (non-hydrogen) atoms. The van der Waals surface area contributed by atoms with Crippen LogP contribution in [0.15, 0.2) is 46.6 Å². The molecule has 7 nitrogen and oxygen atoms in total. The second-order valence-electron chi connectivity index (χ2n) is 7.84. The third kappa shape index (κ3) is 3.43. The van der Waals surface area contributed by atoms with E-state index in [1.165, 1.54) is 0 Å². The number of nitrogens with two attached hydrogens (primary N) is 1. The zero-order chi connectivity index (χ0) is 21.3. The molecule has 2 aliphatic carbocycles. The molecule has 0 amide bonds. The highest BCUT2D eigenvalue weighted by atomic mass is 16.7. The van der Waals surface area contributed by atoms with E-state index in [9.17, 15) is 14.4 Å². The molecular weight excluding hydrogens is 386 g/mol. The zero-order valence-corrected chi connectivity index (χ0v) is 17.0. The van der Waals surface area contributed by atoms with Gasteiger partial charge in [0, 0.05) is 40.7 Å². The van der Waals surface area contributed by atoms with E-state index in [0.29, 0.717) is 16.8 Å². The van der Waals surface area contributed by atoms with Gasteiger partial charge in [-0.1, -0.05) is 12.1 Å². The number of methoxy groups -OCH3 is 1. The number of benzene rings is 1. The van der Waals surface area contributed by atoms with Crippen LogP contribution in [0.3, 0.4) is 0 Å². The summed E-state index contributed by atoms with van der Waals surface area (Å²) in [4.78, 5) is 33.9. The monoisotopic (exact) mass is 411 g/mol. The fraction of sp³-hybridized carbons (Fsp3) is 0.435. The van der Waals surface area contributed by atoms with E-state index in [0.717, 1.165) is 68.1 Å². The van der Waals surface area contributed by atoms with Crippen LogP contribution in [0.5, 0.6) is 0 Å². The number of hydrogen-bond donors (Lipinski definition) is 1. The Morgan fingerprint density at radius 3 is 2.07 bits per heavy atom. The maximum Gasteiger partial charge on any atom is 0.342 e. The maximum absolute atomic E-state index is 12.0. The van der Waals surface area contributed by atoms with Crippen molar-refractivity contribution in [3.8, 4) is 0 Å². The standard InChI is InChI=1S/C15H17NO3.C8H8O3/c1-18-15(10-5-4-6-11(16)9-10)13-8-3-2-7-12(13)14(17)19-15;9-7-5-3-1-2-4-6(5)8(10)11-7/h4-6,9H,2-3,7-8,16H2,1H3;1-4H2. The molecule has 158 valence electrons. The molecule has 2 N–H and O–H groups in total. The van der Waals surface area contributed by atoms with E-state index < -0.39 is 17.7 Å². The lowest BCUT2D eigenvalue weighted by atomic mass is 9.85. The number of cyclic esters (lactones) is 3. The Morgan fingerprint density at radius 2 is 1.47 bits per heavy atom. The Bertz CT molecular complexity index is 950. The van der Waals surface area contributed by atoms with Crippen molar-refractivity contribution in [3.63, 3.8) is 0 Å². The predicted octanol–water partition coefficient (Wildman–Crippen LogP) is 3.44. The molecule has 0 saturated carbocycles. The molecule has 0 spiro atoms. The van der Waals surface area contributed by atoms with Gasteiger partial charge < -0.3 is 19.9 Å². The fourth-order valence-electron chi connectivity index (χ4n) is 4.57. The normalized spacial score (nSPS) is 25.3. The van der Waals surface area contributed by atoms with Gasteiger partial charge in [0.05, 0.1) is 0 Å². The fourth-order valence-corrected chi connectivity index (χ4v) is 4.57. The summed E-state index contributed by atoms with van der Waals surface area (Å²) in [6.07, 6.45) is 7.15. The predicted molar refractivity (Wildman–Crippen MR) is 108 cm³/mol. The van der Waals surface area contributed by atoms with E-state index in [1.807, 2.05) is 12.1 Å². The summed E-state index contributed by atoms with van der Waals surface area (Å²) >= 11 is 0. The summed E-state index contributed by atoms with van der Waals surface area (Å²) < 4.78 is 15.7. The number of nitrogen functional groups attached to an aromatic ring is 1. The van der Waals surface area contributed by atoms with Gasteiger partial charge in [0.1, 0.15) is 0 Å². The molecule has 5 rings (SSSR count). The van der Waals surface area contributed by atoms with Gasteiger partial charge in [-0.15, -0.1) is 0 Å². The first kappa shape index (κ1) is 20.3. The van der Waals surface area contributed by atoms with Gasteiger partial charge in [-0.2, -0.15) is 0 Å². The van der Waals surface area contributed by atoms with E-state index >= 15 is 0 Å². The average molecular weight is 411 g/mol. The number of carbonyl (C=O) groups is 3. The minimum absolute atomic E-state index is 0.251. The highest BCUT2D eigenvalue weighted by Gasteiger charge is 2.49. The molecular formula is C23H25NO6. The maximum atomic E-state index is 12.0. The van der Waals surface area contributed by atoms with E-state index in [-0.39, 0.29) is 5.97 Å². The van der Waals surface area contributed by atoms with Crippen molar-refractivity contribution in [2.75, 3.05) is 12.8 Å². The van der Waals surface area contributed by atoms with Crippen LogP contribution in [0, 0.1) is 0 Å². The van der Waals surface area contributed by atoms with Gasteiger partial charge in [-0.05, 0) is 63.5 Å². The lowest BCUT2D eigenvalue weighted by Gasteiger charge is -2.30. The molecule has 2 heterocycles. The zero-order valence-electron chi connectivity index (χ0n) is 17.0. The number of ether oxygens (including phenoxy) is 3. The number of anilines is 1. The smallest absolute Gasteiger partial charge is 0.342 e. The molecule has 0 radical (unpaired) electrons. The second-order valence-corrected chi connectivity index (χ2v) is 7.84. The van der Waals surface area contributed by atoms with Crippen molar-refractivity contribution in [2.24, 2.45) is 0 Å². The molecule has 0 saturated heterocycles. The van der Waals surface area contributed by atoms with E-state index in [4.69, 9.17) is 15.2 Å². The first-order chi connectivity index (χ1) is 14.5. The highest BCUT2D eigenvalue weighted by molar-refractivity contribution is 6.12. The van der Waals surface area contributed by atoms with Crippen LogP contribution in [0.1, 0.15) is 56.9 Å².